The number of rotatable bonds is 5. The Hall–Kier alpha value is -3.31. The van der Waals surface area contributed by atoms with E-state index in [0.29, 0.717) is 11.6 Å². The number of carbonyl (C=O) groups excluding carboxylic acids is 1. The van der Waals surface area contributed by atoms with Crippen LogP contribution < -0.4 is 10.1 Å². The molecule has 2 heterocycles. The average Bonchev–Trinajstić information content (AvgIpc) is 3.28. The maximum atomic E-state index is 13.2. The first kappa shape index (κ1) is 21.9. The van der Waals surface area contributed by atoms with Gasteiger partial charge in [-0.05, 0) is 35.9 Å². The summed E-state index contributed by atoms with van der Waals surface area (Å²) in [5.41, 5.74) is -0.400. The zero-order valence-corrected chi connectivity index (χ0v) is 17.5. The van der Waals surface area contributed by atoms with Gasteiger partial charge in [0.15, 0.2) is 12.3 Å². The Labute approximate surface area is 185 Å². The van der Waals surface area contributed by atoms with Crippen LogP contribution in [0.5, 0.6) is 5.88 Å². The highest BCUT2D eigenvalue weighted by Gasteiger charge is 2.36. The van der Waals surface area contributed by atoms with E-state index in [-0.39, 0.29) is 27.2 Å². The van der Waals surface area contributed by atoms with Crippen molar-refractivity contribution in [1.82, 2.24) is 9.78 Å². The summed E-state index contributed by atoms with van der Waals surface area (Å²) in [7, 11) is -3.56. The third-order valence-electron chi connectivity index (χ3n) is 4.43. The van der Waals surface area contributed by atoms with Crippen LogP contribution in [0.1, 0.15) is 11.3 Å². The van der Waals surface area contributed by atoms with E-state index in [9.17, 15) is 26.4 Å². The van der Waals surface area contributed by atoms with Crippen LogP contribution in [0.25, 0.3) is 11.8 Å². The van der Waals surface area contributed by atoms with Crippen LogP contribution in [-0.2, 0) is 20.8 Å². The number of carbonyl (C=O) groups is 1. The summed E-state index contributed by atoms with van der Waals surface area (Å²) < 4.78 is 69.5. The van der Waals surface area contributed by atoms with Gasteiger partial charge >= 0.3 is 6.18 Å². The Kier molecular flexibility index (Phi) is 5.47. The highest BCUT2D eigenvalue weighted by molar-refractivity contribution is 7.94. The third-order valence-corrected chi connectivity index (χ3v) is 6.21. The molecule has 3 aromatic rings. The van der Waals surface area contributed by atoms with Crippen LogP contribution >= 0.6 is 11.6 Å². The SMILES string of the molecule is O=C(COc1cc(C(F)(F)F)nn1-c1ccccc1Cl)Nc1ccc2c(c1)S(=O)(=O)C=C2. The number of hydrogen-bond acceptors (Lipinski definition) is 5. The Bertz CT molecular complexity index is 1350. The van der Waals surface area contributed by atoms with E-state index in [0.717, 1.165) is 10.1 Å². The maximum absolute atomic E-state index is 13.2. The van der Waals surface area contributed by atoms with E-state index in [1.54, 1.807) is 12.1 Å². The fraction of sp³-hybridized carbons (Fsp3) is 0.100. The second-order valence-corrected chi connectivity index (χ2v) is 8.88. The number of benzene rings is 2. The molecule has 1 aliphatic heterocycles. The smallest absolute Gasteiger partial charge is 0.435 e. The number of sulfone groups is 1. The Morgan fingerprint density at radius 3 is 2.62 bits per heavy atom. The molecule has 0 spiro atoms. The van der Waals surface area contributed by atoms with Gasteiger partial charge in [0.1, 0.15) is 0 Å². The lowest BCUT2D eigenvalue weighted by Crippen LogP contribution is -2.21. The molecule has 1 amide bonds. The van der Waals surface area contributed by atoms with Gasteiger partial charge in [0, 0.05) is 17.2 Å². The summed E-state index contributed by atoms with van der Waals surface area (Å²) >= 11 is 6.06. The number of nitrogens with one attached hydrogen (secondary N) is 1. The molecule has 32 heavy (non-hydrogen) atoms. The number of halogens is 4. The lowest BCUT2D eigenvalue weighted by Gasteiger charge is -2.11. The van der Waals surface area contributed by atoms with Crippen molar-refractivity contribution in [1.29, 1.82) is 0 Å². The molecule has 0 fully saturated rings. The highest BCUT2D eigenvalue weighted by atomic mass is 35.5. The van der Waals surface area contributed by atoms with E-state index in [1.165, 1.54) is 36.4 Å². The van der Waals surface area contributed by atoms with Crippen LogP contribution in [0.4, 0.5) is 18.9 Å². The van der Waals surface area contributed by atoms with Gasteiger partial charge in [-0.3, -0.25) is 4.79 Å². The normalized spacial score (nSPS) is 14.2. The van der Waals surface area contributed by atoms with Crippen LogP contribution in [-0.4, -0.2) is 30.7 Å². The monoisotopic (exact) mass is 483 g/mol. The van der Waals surface area contributed by atoms with Crippen molar-refractivity contribution in [3.8, 4) is 11.6 Å². The zero-order valence-electron chi connectivity index (χ0n) is 15.9. The molecule has 0 aliphatic carbocycles. The molecule has 0 bridgehead atoms. The predicted octanol–water partition coefficient (Wildman–Crippen LogP) is 4.32. The van der Waals surface area contributed by atoms with Gasteiger partial charge in [0.25, 0.3) is 5.91 Å². The molecule has 7 nitrogen and oxygen atoms in total. The molecule has 0 atom stereocenters. The number of hydrogen-bond donors (Lipinski definition) is 1. The minimum absolute atomic E-state index is 0.0443. The summed E-state index contributed by atoms with van der Waals surface area (Å²) in [6.07, 6.45) is -3.30. The van der Waals surface area contributed by atoms with Gasteiger partial charge in [0.2, 0.25) is 15.7 Å². The number of para-hydroxylation sites is 1. The topological polar surface area (TPSA) is 90.3 Å². The van der Waals surface area contributed by atoms with E-state index >= 15 is 0 Å². The lowest BCUT2D eigenvalue weighted by atomic mass is 10.2. The fourth-order valence-electron chi connectivity index (χ4n) is 2.97. The molecule has 1 N–H and O–H groups in total. The highest BCUT2D eigenvalue weighted by Crippen LogP contribution is 2.34. The summed E-state index contributed by atoms with van der Waals surface area (Å²) in [6, 6.07) is 11.0. The van der Waals surface area contributed by atoms with Gasteiger partial charge in [0.05, 0.1) is 15.6 Å². The van der Waals surface area contributed by atoms with Crippen molar-refractivity contribution in [3.63, 3.8) is 0 Å². The van der Waals surface area contributed by atoms with E-state index in [2.05, 4.69) is 10.4 Å². The molecule has 1 aliphatic rings. The first-order valence-corrected chi connectivity index (χ1v) is 10.9. The van der Waals surface area contributed by atoms with Gasteiger partial charge in [-0.25, -0.2) is 8.42 Å². The number of anilines is 1. The van der Waals surface area contributed by atoms with Crippen molar-refractivity contribution in [3.05, 3.63) is 70.2 Å². The number of ether oxygens (including phenoxy) is 1. The largest absolute Gasteiger partial charge is 0.467 e. The number of amides is 1. The first-order chi connectivity index (χ1) is 15.0. The molecule has 166 valence electrons. The second-order valence-electron chi connectivity index (χ2n) is 6.67. The summed E-state index contributed by atoms with van der Waals surface area (Å²) in [5, 5.41) is 7.15. The standard InChI is InChI=1S/C20H13ClF3N3O4S/c21-14-3-1-2-4-15(14)27-19(10-17(26-27)20(22,23)24)31-11-18(28)25-13-6-5-12-7-8-32(29,30)16(12)9-13/h1-10H,11H2,(H,25,28). The minimum atomic E-state index is -4.74. The van der Waals surface area contributed by atoms with Gasteiger partial charge in [-0.2, -0.15) is 23.0 Å². The van der Waals surface area contributed by atoms with Crippen molar-refractivity contribution >= 4 is 39.1 Å². The van der Waals surface area contributed by atoms with Crippen LogP contribution in [0, 0.1) is 0 Å². The van der Waals surface area contributed by atoms with Gasteiger partial charge in [-0.15, -0.1) is 0 Å². The molecular formula is C20H13ClF3N3O4S. The number of nitrogens with zero attached hydrogens (tertiary/aromatic N) is 2. The number of alkyl halides is 3. The Morgan fingerprint density at radius 1 is 1.16 bits per heavy atom. The minimum Gasteiger partial charge on any atom is -0.467 e. The molecular weight excluding hydrogens is 471 g/mol. The summed E-state index contributed by atoms with van der Waals surface area (Å²) in [4.78, 5) is 12.3. The third kappa shape index (κ3) is 4.34. The summed E-state index contributed by atoms with van der Waals surface area (Å²) in [5.74, 6) is -1.06. The molecule has 0 radical (unpaired) electrons. The maximum Gasteiger partial charge on any atom is 0.435 e. The average molecular weight is 484 g/mol. The van der Waals surface area contributed by atoms with Crippen molar-refractivity contribution < 1.29 is 31.1 Å². The Balaban J connectivity index is 1.53. The number of aromatic nitrogens is 2. The number of fused-ring (bicyclic) bond motifs is 1. The van der Waals surface area contributed by atoms with Gasteiger partial charge in [-0.1, -0.05) is 29.8 Å². The fourth-order valence-corrected chi connectivity index (χ4v) is 4.41. The molecule has 0 unspecified atom stereocenters. The van der Waals surface area contributed by atoms with Crippen molar-refractivity contribution in [2.45, 2.75) is 11.1 Å². The van der Waals surface area contributed by atoms with Gasteiger partial charge < -0.3 is 10.1 Å². The Morgan fingerprint density at radius 2 is 1.91 bits per heavy atom. The zero-order chi connectivity index (χ0) is 23.1. The second kappa shape index (κ2) is 7.99. The van der Waals surface area contributed by atoms with Crippen molar-refractivity contribution in [2.75, 3.05) is 11.9 Å². The molecule has 0 saturated carbocycles. The predicted molar refractivity (Wildman–Crippen MR) is 110 cm³/mol. The molecule has 0 saturated heterocycles. The van der Waals surface area contributed by atoms with Crippen LogP contribution in [0.2, 0.25) is 5.02 Å². The molecule has 1 aromatic heterocycles. The van der Waals surface area contributed by atoms with Crippen LogP contribution in [0.15, 0.2) is 58.8 Å². The molecule has 12 heteroatoms. The lowest BCUT2D eigenvalue weighted by molar-refractivity contribution is -0.141. The first-order valence-electron chi connectivity index (χ1n) is 8.97. The quantitative estimate of drug-likeness (QED) is 0.583. The van der Waals surface area contributed by atoms with E-state index < -0.39 is 34.2 Å². The van der Waals surface area contributed by atoms with E-state index in [1.807, 2.05) is 0 Å². The van der Waals surface area contributed by atoms with E-state index in [4.69, 9.17) is 16.3 Å². The van der Waals surface area contributed by atoms with Crippen LogP contribution in [0.3, 0.4) is 0 Å². The molecule has 4 rings (SSSR count). The molecule has 2 aromatic carbocycles. The van der Waals surface area contributed by atoms with Crippen molar-refractivity contribution in [2.24, 2.45) is 0 Å². The summed E-state index contributed by atoms with van der Waals surface area (Å²) in [6.45, 7) is -0.657.